The van der Waals surface area contributed by atoms with E-state index in [-0.39, 0.29) is 6.61 Å². The van der Waals surface area contributed by atoms with E-state index in [0.29, 0.717) is 11.7 Å². The normalized spacial score (nSPS) is 13.9. The number of carbonyl (C=O) groups is 1. The van der Waals surface area contributed by atoms with E-state index in [9.17, 15) is 4.79 Å². The lowest BCUT2D eigenvalue weighted by Crippen LogP contribution is -2.16. The van der Waals surface area contributed by atoms with E-state index in [1.54, 1.807) is 4.68 Å². The first-order chi connectivity index (χ1) is 11.7. The van der Waals surface area contributed by atoms with Crippen LogP contribution in [0.15, 0.2) is 48.5 Å². The average Bonchev–Trinajstić information content (AvgIpc) is 3.39. The summed E-state index contributed by atoms with van der Waals surface area (Å²) in [4.78, 5) is 12.1. The Hall–Kier alpha value is -2.82. The molecular weight excluding hydrogens is 302 g/mol. The Morgan fingerprint density at radius 2 is 2.00 bits per heavy atom. The second-order valence-electron chi connectivity index (χ2n) is 6.18. The van der Waals surface area contributed by atoms with Gasteiger partial charge in [0, 0.05) is 12.4 Å². The first-order valence-corrected chi connectivity index (χ1v) is 8.15. The SMILES string of the molecule is Cn1nc2c(C3CC3)cccc2c1NC(=O)OCc1ccccc1. The summed E-state index contributed by atoms with van der Waals surface area (Å²) >= 11 is 0. The van der Waals surface area contributed by atoms with Gasteiger partial charge in [0.1, 0.15) is 12.4 Å². The van der Waals surface area contributed by atoms with Gasteiger partial charge in [-0.05, 0) is 36.0 Å². The molecule has 1 aliphatic carbocycles. The zero-order valence-corrected chi connectivity index (χ0v) is 13.5. The number of fused-ring (bicyclic) bond motifs is 1. The number of nitrogens with one attached hydrogen (secondary N) is 1. The lowest BCUT2D eigenvalue weighted by atomic mass is 10.1. The van der Waals surface area contributed by atoms with Crippen molar-refractivity contribution in [2.45, 2.75) is 25.4 Å². The van der Waals surface area contributed by atoms with Gasteiger partial charge in [-0.1, -0.05) is 42.5 Å². The van der Waals surface area contributed by atoms with Crippen LogP contribution in [0.1, 0.15) is 29.9 Å². The van der Waals surface area contributed by atoms with Crippen LogP contribution in [-0.2, 0) is 18.4 Å². The van der Waals surface area contributed by atoms with Crippen molar-refractivity contribution >= 4 is 22.8 Å². The molecule has 3 aromatic rings. The number of hydrogen-bond donors (Lipinski definition) is 1. The van der Waals surface area contributed by atoms with Crippen molar-refractivity contribution in [3.63, 3.8) is 0 Å². The van der Waals surface area contributed by atoms with Crippen LogP contribution >= 0.6 is 0 Å². The topological polar surface area (TPSA) is 56.2 Å². The maximum atomic E-state index is 12.1. The van der Waals surface area contributed by atoms with Crippen molar-refractivity contribution in [3.05, 3.63) is 59.7 Å². The average molecular weight is 321 g/mol. The molecule has 1 aromatic heterocycles. The number of carbonyl (C=O) groups excluding carboxylic acids is 1. The number of anilines is 1. The highest BCUT2D eigenvalue weighted by Gasteiger charge is 2.27. The van der Waals surface area contributed by atoms with Crippen molar-refractivity contribution in [1.29, 1.82) is 0 Å². The van der Waals surface area contributed by atoms with Gasteiger partial charge < -0.3 is 4.74 Å². The molecule has 0 bridgehead atoms. The monoisotopic (exact) mass is 321 g/mol. The molecule has 5 nitrogen and oxygen atoms in total. The zero-order chi connectivity index (χ0) is 16.5. The fraction of sp³-hybridized carbons (Fsp3) is 0.263. The van der Waals surface area contributed by atoms with Crippen LogP contribution in [0.4, 0.5) is 10.6 Å². The van der Waals surface area contributed by atoms with Crippen LogP contribution in [0.2, 0.25) is 0 Å². The van der Waals surface area contributed by atoms with Crippen LogP contribution in [0.3, 0.4) is 0 Å². The summed E-state index contributed by atoms with van der Waals surface area (Å²) in [6.45, 7) is 0.246. The summed E-state index contributed by atoms with van der Waals surface area (Å²) in [5.74, 6) is 1.28. The molecule has 122 valence electrons. The number of nitrogens with zero attached hydrogens (tertiary/aromatic N) is 2. The highest BCUT2D eigenvalue weighted by Crippen LogP contribution is 2.43. The summed E-state index contributed by atoms with van der Waals surface area (Å²) < 4.78 is 7.01. The minimum absolute atomic E-state index is 0.246. The van der Waals surface area contributed by atoms with Crippen molar-refractivity contribution in [2.24, 2.45) is 7.05 Å². The van der Waals surface area contributed by atoms with E-state index in [1.807, 2.05) is 49.5 Å². The van der Waals surface area contributed by atoms with E-state index in [2.05, 4.69) is 16.5 Å². The predicted molar refractivity (Wildman–Crippen MR) is 92.9 cm³/mol. The second kappa shape index (κ2) is 6.00. The highest BCUT2D eigenvalue weighted by atomic mass is 16.5. The molecular formula is C19H19N3O2. The van der Waals surface area contributed by atoms with Gasteiger partial charge in [0.05, 0.1) is 5.52 Å². The number of hydrogen-bond acceptors (Lipinski definition) is 3. The summed E-state index contributed by atoms with van der Waals surface area (Å²) in [6.07, 6.45) is 1.97. The lowest BCUT2D eigenvalue weighted by Gasteiger charge is -2.07. The molecule has 0 radical (unpaired) electrons. The molecule has 1 fully saturated rings. The Balaban J connectivity index is 1.52. The van der Waals surface area contributed by atoms with Crippen LogP contribution in [-0.4, -0.2) is 15.9 Å². The fourth-order valence-electron chi connectivity index (χ4n) is 2.97. The van der Waals surface area contributed by atoms with E-state index in [0.717, 1.165) is 16.5 Å². The van der Waals surface area contributed by atoms with Gasteiger partial charge in [0.25, 0.3) is 0 Å². The van der Waals surface area contributed by atoms with Gasteiger partial charge in [0.15, 0.2) is 0 Å². The van der Waals surface area contributed by atoms with Gasteiger partial charge in [-0.15, -0.1) is 0 Å². The predicted octanol–water partition coefficient (Wildman–Crippen LogP) is 4.20. The third kappa shape index (κ3) is 2.85. The quantitative estimate of drug-likeness (QED) is 0.783. The minimum atomic E-state index is -0.472. The molecule has 24 heavy (non-hydrogen) atoms. The highest BCUT2D eigenvalue weighted by molar-refractivity contribution is 5.98. The Bertz CT molecular complexity index is 882. The largest absolute Gasteiger partial charge is 0.444 e. The number of benzene rings is 2. The summed E-state index contributed by atoms with van der Waals surface area (Å²) in [5.41, 5.74) is 3.20. The standard InChI is InChI=1S/C19H19N3O2/c1-22-18(20-19(23)24-12-13-6-3-2-4-7-13)16-9-5-8-15(14-10-11-14)17(16)21-22/h2-9,14H,10-12H2,1H3,(H,20,23). The van der Waals surface area contributed by atoms with Gasteiger partial charge in [-0.2, -0.15) is 5.10 Å². The Kier molecular flexibility index (Phi) is 3.69. The van der Waals surface area contributed by atoms with Gasteiger partial charge in [0.2, 0.25) is 0 Å². The number of amides is 1. The molecule has 1 N–H and O–H groups in total. The molecule has 5 heteroatoms. The molecule has 2 aromatic carbocycles. The summed E-state index contributed by atoms with van der Waals surface area (Å²) in [5, 5.41) is 8.38. The van der Waals surface area contributed by atoms with E-state index < -0.39 is 6.09 Å². The molecule has 1 saturated carbocycles. The molecule has 1 heterocycles. The van der Waals surface area contributed by atoms with Crippen LogP contribution in [0, 0.1) is 0 Å². The smallest absolute Gasteiger partial charge is 0.413 e. The first-order valence-electron chi connectivity index (χ1n) is 8.15. The molecule has 0 unspecified atom stereocenters. The summed E-state index contributed by atoms with van der Waals surface area (Å²) in [7, 11) is 1.84. The Labute approximate surface area is 140 Å². The zero-order valence-electron chi connectivity index (χ0n) is 13.5. The lowest BCUT2D eigenvalue weighted by molar-refractivity contribution is 0.155. The van der Waals surface area contributed by atoms with Gasteiger partial charge in [-0.25, -0.2) is 4.79 Å². The molecule has 0 atom stereocenters. The van der Waals surface area contributed by atoms with Gasteiger partial charge >= 0.3 is 6.09 Å². The van der Waals surface area contributed by atoms with Crippen molar-refractivity contribution in [1.82, 2.24) is 9.78 Å². The van der Waals surface area contributed by atoms with Crippen molar-refractivity contribution in [2.75, 3.05) is 5.32 Å². The van der Waals surface area contributed by atoms with Crippen molar-refractivity contribution in [3.8, 4) is 0 Å². The maximum absolute atomic E-state index is 12.1. The Morgan fingerprint density at radius 1 is 1.21 bits per heavy atom. The molecule has 1 aliphatic rings. The summed E-state index contributed by atoms with van der Waals surface area (Å²) in [6, 6.07) is 15.8. The first kappa shape index (κ1) is 14.8. The van der Waals surface area contributed by atoms with Crippen LogP contribution in [0.25, 0.3) is 10.9 Å². The fourth-order valence-corrected chi connectivity index (χ4v) is 2.97. The third-order valence-corrected chi connectivity index (χ3v) is 4.35. The minimum Gasteiger partial charge on any atom is -0.444 e. The van der Waals surface area contributed by atoms with E-state index in [1.165, 1.54) is 18.4 Å². The number of rotatable bonds is 4. The molecule has 0 spiro atoms. The molecule has 1 amide bonds. The van der Waals surface area contributed by atoms with E-state index in [4.69, 9.17) is 4.74 Å². The molecule has 4 rings (SSSR count). The second-order valence-corrected chi connectivity index (χ2v) is 6.18. The van der Waals surface area contributed by atoms with Gasteiger partial charge in [-0.3, -0.25) is 10.00 Å². The maximum Gasteiger partial charge on any atom is 0.413 e. The molecule has 0 saturated heterocycles. The third-order valence-electron chi connectivity index (χ3n) is 4.35. The Morgan fingerprint density at radius 3 is 2.75 bits per heavy atom. The van der Waals surface area contributed by atoms with Crippen LogP contribution in [0.5, 0.6) is 0 Å². The van der Waals surface area contributed by atoms with E-state index >= 15 is 0 Å². The van der Waals surface area contributed by atoms with Crippen molar-refractivity contribution < 1.29 is 9.53 Å². The van der Waals surface area contributed by atoms with Crippen LogP contribution < -0.4 is 5.32 Å². The number of aromatic nitrogens is 2. The number of aryl methyl sites for hydroxylation is 1. The molecule has 0 aliphatic heterocycles. The number of ether oxygens (including phenoxy) is 1.